The Morgan fingerprint density at radius 2 is 2.21 bits per heavy atom. The van der Waals surface area contributed by atoms with Gasteiger partial charge in [-0.05, 0) is 43.5 Å². The van der Waals surface area contributed by atoms with E-state index in [4.69, 9.17) is 4.74 Å². The van der Waals surface area contributed by atoms with Crippen LogP contribution in [0.2, 0.25) is 0 Å². The highest BCUT2D eigenvalue weighted by Gasteiger charge is 2.17. The molecule has 4 heteroatoms. The number of aliphatic hydroxyl groups is 1. The summed E-state index contributed by atoms with van der Waals surface area (Å²) in [6.45, 7) is 6.50. The average Bonchev–Trinajstić information content (AvgIpc) is 2.75. The van der Waals surface area contributed by atoms with Crippen LogP contribution in [-0.2, 0) is 13.0 Å². The van der Waals surface area contributed by atoms with Crippen molar-refractivity contribution in [1.82, 2.24) is 5.32 Å². The molecule has 1 heterocycles. The van der Waals surface area contributed by atoms with Crippen molar-refractivity contribution in [3.05, 3.63) is 27.7 Å². The van der Waals surface area contributed by atoms with Crippen molar-refractivity contribution in [3.63, 3.8) is 0 Å². The first-order valence-corrected chi connectivity index (χ1v) is 7.68. The van der Waals surface area contributed by atoms with Gasteiger partial charge in [0.2, 0.25) is 0 Å². The van der Waals surface area contributed by atoms with Crippen molar-refractivity contribution in [2.45, 2.75) is 39.3 Å². The Balaban J connectivity index is 1.90. The summed E-state index contributed by atoms with van der Waals surface area (Å²) in [7, 11) is 0. The molecule has 0 saturated heterocycles. The third-order valence-electron chi connectivity index (χ3n) is 3.38. The lowest BCUT2D eigenvalue weighted by Crippen LogP contribution is -2.23. The van der Waals surface area contributed by atoms with E-state index in [-0.39, 0.29) is 6.10 Å². The molecule has 0 bridgehead atoms. The number of hydrogen-bond acceptors (Lipinski definition) is 3. The van der Waals surface area contributed by atoms with Gasteiger partial charge in [-0.2, -0.15) is 0 Å². The summed E-state index contributed by atoms with van der Waals surface area (Å²) >= 11 is 3.55. The predicted molar refractivity (Wildman–Crippen MR) is 80.5 cm³/mol. The van der Waals surface area contributed by atoms with E-state index >= 15 is 0 Å². The number of halogens is 1. The maximum absolute atomic E-state index is 9.35. The molecule has 2 N–H and O–H groups in total. The van der Waals surface area contributed by atoms with Gasteiger partial charge in [0.25, 0.3) is 0 Å². The van der Waals surface area contributed by atoms with Crippen molar-refractivity contribution in [3.8, 4) is 5.75 Å². The Kier molecular flexibility index (Phi) is 5.25. The zero-order chi connectivity index (χ0) is 13.8. The summed E-state index contributed by atoms with van der Waals surface area (Å²) < 4.78 is 6.82. The summed E-state index contributed by atoms with van der Waals surface area (Å²) in [6.07, 6.45) is 1.61. The van der Waals surface area contributed by atoms with Gasteiger partial charge in [-0.15, -0.1) is 0 Å². The Labute approximate surface area is 123 Å². The molecule has 19 heavy (non-hydrogen) atoms. The van der Waals surface area contributed by atoms with Gasteiger partial charge in [-0.25, -0.2) is 0 Å². The molecule has 1 aromatic rings. The standard InChI is InChI=1S/C15H22BrNO2/c1-10(5-11(2)18)8-17-9-13-7-14(16)6-12-3-4-19-15(12)13/h6-7,10-11,17-18H,3-5,8-9H2,1-2H3/t10-,11+/m1/s1. The lowest BCUT2D eigenvalue weighted by Gasteiger charge is -2.15. The van der Waals surface area contributed by atoms with Gasteiger partial charge in [-0.3, -0.25) is 0 Å². The van der Waals surface area contributed by atoms with Crippen LogP contribution in [0.15, 0.2) is 16.6 Å². The number of ether oxygens (including phenoxy) is 1. The summed E-state index contributed by atoms with van der Waals surface area (Å²) in [5.41, 5.74) is 2.51. The van der Waals surface area contributed by atoms with E-state index in [1.165, 1.54) is 11.1 Å². The zero-order valence-corrected chi connectivity index (χ0v) is 13.2. The van der Waals surface area contributed by atoms with E-state index < -0.39 is 0 Å². The minimum Gasteiger partial charge on any atom is -0.493 e. The van der Waals surface area contributed by atoms with Gasteiger partial charge in [0.15, 0.2) is 0 Å². The first-order chi connectivity index (χ1) is 9.06. The maximum Gasteiger partial charge on any atom is 0.127 e. The molecular formula is C15H22BrNO2. The van der Waals surface area contributed by atoms with Crippen molar-refractivity contribution in [1.29, 1.82) is 0 Å². The van der Waals surface area contributed by atoms with Crippen LogP contribution in [0, 0.1) is 5.92 Å². The van der Waals surface area contributed by atoms with Crippen LogP contribution in [0.25, 0.3) is 0 Å². The normalized spacial score (nSPS) is 16.8. The van der Waals surface area contributed by atoms with Crippen LogP contribution >= 0.6 is 15.9 Å². The van der Waals surface area contributed by atoms with Gasteiger partial charge in [0.1, 0.15) is 5.75 Å². The molecule has 0 fully saturated rings. The Morgan fingerprint density at radius 1 is 1.42 bits per heavy atom. The van der Waals surface area contributed by atoms with Crippen LogP contribution in [0.4, 0.5) is 0 Å². The molecule has 106 valence electrons. The Bertz CT molecular complexity index is 434. The first kappa shape index (κ1) is 14.8. The lowest BCUT2D eigenvalue weighted by molar-refractivity contribution is 0.163. The monoisotopic (exact) mass is 327 g/mol. The van der Waals surface area contributed by atoms with Crippen molar-refractivity contribution < 1.29 is 9.84 Å². The van der Waals surface area contributed by atoms with Crippen LogP contribution in [-0.4, -0.2) is 24.4 Å². The summed E-state index contributed by atoms with van der Waals surface area (Å²) in [5, 5.41) is 12.8. The Morgan fingerprint density at radius 3 is 2.95 bits per heavy atom. The SMILES string of the molecule is C[C@@H](CNCc1cc(Br)cc2c1OCC2)C[C@H](C)O. The molecule has 0 spiro atoms. The quantitative estimate of drug-likeness (QED) is 0.844. The molecular weight excluding hydrogens is 306 g/mol. The fraction of sp³-hybridized carbons (Fsp3) is 0.600. The molecule has 0 aromatic heterocycles. The smallest absolute Gasteiger partial charge is 0.127 e. The average molecular weight is 328 g/mol. The number of rotatable bonds is 6. The first-order valence-electron chi connectivity index (χ1n) is 6.89. The number of fused-ring (bicyclic) bond motifs is 1. The fourth-order valence-corrected chi connectivity index (χ4v) is 3.15. The molecule has 0 saturated carbocycles. The maximum atomic E-state index is 9.35. The number of benzene rings is 1. The van der Waals surface area contributed by atoms with E-state index in [1.807, 2.05) is 6.92 Å². The van der Waals surface area contributed by atoms with Gasteiger partial charge in [0, 0.05) is 23.0 Å². The third kappa shape index (κ3) is 4.20. The Hall–Kier alpha value is -0.580. The molecule has 1 aliphatic heterocycles. The predicted octanol–water partition coefficient (Wildman–Crippen LogP) is 2.88. The number of nitrogens with one attached hydrogen (secondary N) is 1. The molecule has 0 aliphatic carbocycles. The van der Waals surface area contributed by atoms with Gasteiger partial charge in [-0.1, -0.05) is 22.9 Å². The minimum absolute atomic E-state index is 0.227. The third-order valence-corrected chi connectivity index (χ3v) is 3.83. The highest BCUT2D eigenvalue weighted by molar-refractivity contribution is 9.10. The second-order valence-corrected chi connectivity index (χ2v) is 6.39. The van der Waals surface area contributed by atoms with Crippen molar-refractivity contribution >= 4 is 15.9 Å². The molecule has 1 aliphatic rings. The largest absolute Gasteiger partial charge is 0.493 e. The number of hydrogen-bond donors (Lipinski definition) is 2. The van der Waals surface area contributed by atoms with Gasteiger partial charge < -0.3 is 15.2 Å². The van der Waals surface area contributed by atoms with Crippen LogP contribution in [0.5, 0.6) is 5.75 Å². The van der Waals surface area contributed by atoms with E-state index in [2.05, 4.69) is 40.3 Å². The summed E-state index contributed by atoms with van der Waals surface area (Å²) in [5.74, 6) is 1.53. The van der Waals surface area contributed by atoms with E-state index in [1.54, 1.807) is 0 Å². The zero-order valence-electron chi connectivity index (χ0n) is 11.6. The van der Waals surface area contributed by atoms with E-state index in [0.717, 1.165) is 42.8 Å². The topological polar surface area (TPSA) is 41.5 Å². The number of aliphatic hydroxyl groups excluding tert-OH is 1. The molecule has 0 radical (unpaired) electrons. The second-order valence-electron chi connectivity index (χ2n) is 5.47. The van der Waals surface area contributed by atoms with Crippen LogP contribution in [0.1, 0.15) is 31.4 Å². The van der Waals surface area contributed by atoms with E-state index in [9.17, 15) is 5.11 Å². The van der Waals surface area contributed by atoms with Gasteiger partial charge in [0.05, 0.1) is 12.7 Å². The summed E-state index contributed by atoms with van der Waals surface area (Å²) in [6, 6.07) is 4.26. The molecule has 1 aromatic carbocycles. The minimum atomic E-state index is -0.227. The second kappa shape index (κ2) is 6.73. The highest BCUT2D eigenvalue weighted by atomic mass is 79.9. The molecule has 2 rings (SSSR count). The molecule has 0 unspecified atom stereocenters. The molecule has 0 amide bonds. The lowest BCUT2D eigenvalue weighted by atomic mass is 10.0. The van der Waals surface area contributed by atoms with Crippen molar-refractivity contribution in [2.24, 2.45) is 5.92 Å². The van der Waals surface area contributed by atoms with Crippen LogP contribution < -0.4 is 10.1 Å². The summed E-state index contributed by atoms with van der Waals surface area (Å²) in [4.78, 5) is 0. The molecule has 3 nitrogen and oxygen atoms in total. The van der Waals surface area contributed by atoms with Gasteiger partial charge >= 0.3 is 0 Å². The highest BCUT2D eigenvalue weighted by Crippen LogP contribution is 2.32. The van der Waals surface area contributed by atoms with Crippen molar-refractivity contribution in [2.75, 3.05) is 13.2 Å². The van der Waals surface area contributed by atoms with E-state index in [0.29, 0.717) is 5.92 Å². The fourth-order valence-electron chi connectivity index (χ4n) is 2.60. The van der Waals surface area contributed by atoms with Crippen LogP contribution in [0.3, 0.4) is 0 Å². The molecule has 2 atom stereocenters.